The van der Waals surface area contributed by atoms with E-state index in [4.69, 9.17) is 5.14 Å². The first-order valence-electron chi connectivity index (χ1n) is 11.2. The van der Waals surface area contributed by atoms with E-state index in [1.54, 1.807) is 50.2 Å². The molecule has 0 aliphatic carbocycles. The van der Waals surface area contributed by atoms with Gasteiger partial charge in [0.1, 0.15) is 0 Å². The minimum Gasteiger partial charge on any atom is -0.338 e. The lowest BCUT2D eigenvalue weighted by atomic mass is 10.2. The van der Waals surface area contributed by atoms with Crippen LogP contribution in [0.25, 0.3) is 0 Å². The second kappa shape index (κ2) is 11.3. The summed E-state index contributed by atoms with van der Waals surface area (Å²) in [6.45, 7) is 5.83. The number of halogens is 1. The number of hydrogen-bond acceptors (Lipinski definition) is 8. The van der Waals surface area contributed by atoms with E-state index < -0.39 is 25.9 Å². The fourth-order valence-electron chi connectivity index (χ4n) is 3.41. The number of rotatable bonds is 11. The number of anilines is 4. The Hall–Kier alpha value is -3.13. The SMILES string of the molecule is CCCN(Cc1ccc(Nc2nc(Nc3ccc(C)c(S(N)(=O)=O)c3)ncc2F)cc1)S(=O)(=O)CC. The van der Waals surface area contributed by atoms with E-state index >= 15 is 0 Å². The van der Waals surface area contributed by atoms with Gasteiger partial charge in [0.15, 0.2) is 11.6 Å². The van der Waals surface area contributed by atoms with E-state index in [9.17, 15) is 21.2 Å². The molecule has 194 valence electrons. The molecule has 0 spiro atoms. The zero-order valence-electron chi connectivity index (χ0n) is 20.2. The fraction of sp³-hybridized carbons (Fsp3) is 0.304. The van der Waals surface area contributed by atoms with Crippen LogP contribution in [0.4, 0.5) is 27.5 Å². The van der Waals surface area contributed by atoms with E-state index in [0.717, 1.165) is 11.8 Å². The summed E-state index contributed by atoms with van der Waals surface area (Å²) >= 11 is 0. The second-order valence-corrected chi connectivity index (χ2v) is 11.9. The molecule has 3 rings (SSSR count). The van der Waals surface area contributed by atoms with E-state index in [0.29, 0.717) is 29.9 Å². The van der Waals surface area contributed by atoms with Crippen molar-refractivity contribution in [2.45, 2.75) is 38.6 Å². The molecule has 0 aliphatic rings. The van der Waals surface area contributed by atoms with Gasteiger partial charge < -0.3 is 10.6 Å². The molecule has 13 heteroatoms. The standard InChI is InChI=1S/C23H29FN6O4S2/c1-4-12-30(35(31,32)5-2)15-17-7-10-18(11-8-17)27-22-20(24)14-26-23(29-22)28-19-9-6-16(3)21(13-19)36(25,33)34/h6-11,13-14H,4-5,12,15H2,1-3H3,(H2,25,33,34)(H2,26,27,28,29). The Bertz CT molecular complexity index is 1430. The largest absolute Gasteiger partial charge is 0.338 e. The van der Waals surface area contributed by atoms with E-state index in [1.165, 1.54) is 10.4 Å². The van der Waals surface area contributed by atoms with Crippen molar-refractivity contribution in [1.82, 2.24) is 14.3 Å². The Morgan fingerprint density at radius 1 is 1.00 bits per heavy atom. The lowest BCUT2D eigenvalue weighted by Gasteiger charge is -2.21. The Morgan fingerprint density at radius 2 is 1.67 bits per heavy atom. The molecule has 10 nitrogen and oxygen atoms in total. The predicted octanol–water partition coefficient (Wildman–Crippen LogP) is 3.62. The first kappa shape index (κ1) is 27.5. The topological polar surface area (TPSA) is 147 Å². The van der Waals surface area contributed by atoms with Crippen LogP contribution >= 0.6 is 0 Å². The molecule has 0 saturated heterocycles. The minimum atomic E-state index is -3.92. The number of sulfonamides is 2. The van der Waals surface area contributed by atoms with Crippen LogP contribution < -0.4 is 15.8 Å². The van der Waals surface area contributed by atoms with Gasteiger partial charge in [-0.2, -0.15) is 9.29 Å². The van der Waals surface area contributed by atoms with Crippen LogP contribution in [-0.2, 0) is 26.6 Å². The first-order valence-corrected chi connectivity index (χ1v) is 14.3. The molecule has 2 aromatic carbocycles. The van der Waals surface area contributed by atoms with Crippen molar-refractivity contribution in [3.05, 3.63) is 65.6 Å². The molecule has 0 radical (unpaired) electrons. The van der Waals surface area contributed by atoms with Gasteiger partial charge in [-0.1, -0.05) is 25.1 Å². The van der Waals surface area contributed by atoms with Crippen LogP contribution in [0.1, 0.15) is 31.4 Å². The van der Waals surface area contributed by atoms with Gasteiger partial charge in [-0.05, 0) is 55.7 Å². The predicted molar refractivity (Wildman–Crippen MR) is 138 cm³/mol. The van der Waals surface area contributed by atoms with Gasteiger partial charge in [0.25, 0.3) is 0 Å². The maximum absolute atomic E-state index is 14.4. The zero-order chi connectivity index (χ0) is 26.5. The van der Waals surface area contributed by atoms with Crippen molar-refractivity contribution >= 4 is 43.2 Å². The van der Waals surface area contributed by atoms with Crippen LogP contribution in [0.2, 0.25) is 0 Å². The normalized spacial score (nSPS) is 12.1. The van der Waals surface area contributed by atoms with Gasteiger partial charge >= 0.3 is 0 Å². The summed E-state index contributed by atoms with van der Waals surface area (Å²) in [7, 11) is -7.24. The number of aryl methyl sites for hydroxylation is 1. The monoisotopic (exact) mass is 536 g/mol. The van der Waals surface area contributed by atoms with Gasteiger partial charge in [0, 0.05) is 24.5 Å². The van der Waals surface area contributed by atoms with Crippen LogP contribution in [0, 0.1) is 12.7 Å². The van der Waals surface area contributed by atoms with Crippen molar-refractivity contribution in [2.24, 2.45) is 5.14 Å². The molecule has 1 aromatic heterocycles. The summed E-state index contributed by atoms with van der Waals surface area (Å²) in [6, 6.07) is 11.5. The molecular weight excluding hydrogens is 507 g/mol. The minimum absolute atomic E-state index is 0.0297. The fourth-order valence-corrected chi connectivity index (χ4v) is 5.39. The highest BCUT2D eigenvalue weighted by molar-refractivity contribution is 7.89. The highest BCUT2D eigenvalue weighted by Crippen LogP contribution is 2.24. The average molecular weight is 537 g/mol. The van der Waals surface area contributed by atoms with Gasteiger partial charge in [-0.3, -0.25) is 0 Å². The molecule has 0 amide bonds. The Kier molecular flexibility index (Phi) is 8.61. The van der Waals surface area contributed by atoms with Gasteiger partial charge in [0.05, 0.1) is 16.8 Å². The number of benzene rings is 2. The molecule has 0 bridgehead atoms. The molecule has 0 fully saturated rings. The van der Waals surface area contributed by atoms with Crippen LogP contribution in [0.5, 0.6) is 0 Å². The average Bonchev–Trinajstić information content (AvgIpc) is 2.82. The molecule has 4 N–H and O–H groups in total. The summed E-state index contributed by atoms with van der Waals surface area (Å²) in [5.74, 6) is -0.719. The smallest absolute Gasteiger partial charge is 0.238 e. The third-order valence-corrected chi connectivity index (χ3v) is 8.18. The molecule has 1 heterocycles. The third-order valence-electron chi connectivity index (χ3n) is 5.30. The van der Waals surface area contributed by atoms with Gasteiger partial charge in [-0.25, -0.2) is 31.3 Å². The summed E-state index contributed by atoms with van der Waals surface area (Å²) in [4.78, 5) is 8.00. The molecule has 0 aliphatic heterocycles. The number of nitrogens with two attached hydrogens (primary N) is 1. The Morgan fingerprint density at radius 3 is 2.28 bits per heavy atom. The number of nitrogens with zero attached hydrogens (tertiary/aromatic N) is 3. The van der Waals surface area contributed by atoms with Crippen molar-refractivity contribution < 1.29 is 21.2 Å². The number of nitrogens with one attached hydrogen (secondary N) is 2. The van der Waals surface area contributed by atoms with E-state index in [2.05, 4.69) is 20.6 Å². The third kappa shape index (κ3) is 6.97. The van der Waals surface area contributed by atoms with E-state index in [1.807, 2.05) is 6.92 Å². The number of primary sulfonamides is 1. The lowest BCUT2D eigenvalue weighted by molar-refractivity contribution is 0.406. The van der Waals surface area contributed by atoms with Crippen molar-refractivity contribution in [3.63, 3.8) is 0 Å². The van der Waals surface area contributed by atoms with Crippen LogP contribution in [0.3, 0.4) is 0 Å². The maximum Gasteiger partial charge on any atom is 0.238 e. The molecule has 3 aromatic rings. The van der Waals surface area contributed by atoms with Crippen LogP contribution in [0.15, 0.2) is 53.6 Å². The van der Waals surface area contributed by atoms with Crippen molar-refractivity contribution in [1.29, 1.82) is 0 Å². The molecule has 0 saturated carbocycles. The summed E-state index contributed by atoms with van der Waals surface area (Å²) in [6.07, 6.45) is 1.69. The summed E-state index contributed by atoms with van der Waals surface area (Å²) in [5, 5.41) is 11.0. The number of aromatic nitrogens is 2. The summed E-state index contributed by atoms with van der Waals surface area (Å²) in [5.41, 5.74) is 2.18. The van der Waals surface area contributed by atoms with Crippen LogP contribution in [-0.4, -0.2) is 43.4 Å². The highest BCUT2D eigenvalue weighted by atomic mass is 32.2. The Balaban J connectivity index is 1.76. The highest BCUT2D eigenvalue weighted by Gasteiger charge is 2.19. The van der Waals surface area contributed by atoms with Crippen molar-refractivity contribution in [2.75, 3.05) is 22.9 Å². The number of hydrogen-bond donors (Lipinski definition) is 3. The first-order chi connectivity index (χ1) is 16.9. The molecule has 36 heavy (non-hydrogen) atoms. The van der Waals surface area contributed by atoms with Gasteiger partial charge in [-0.15, -0.1) is 0 Å². The molecule has 0 atom stereocenters. The second-order valence-electron chi connectivity index (χ2n) is 8.10. The van der Waals surface area contributed by atoms with Gasteiger partial charge in [0.2, 0.25) is 26.0 Å². The summed E-state index contributed by atoms with van der Waals surface area (Å²) < 4.78 is 64.0. The molecule has 0 unspecified atom stereocenters. The molecular formula is C23H29FN6O4S2. The zero-order valence-corrected chi connectivity index (χ0v) is 21.8. The maximum atomic E-state index is 14.4. The quantitative estimate of drug-likeness (QED) is 0.337. The lowest BCUT2D eigenvalue weighted by Crippen LogP contribution is -2.32. The van der Waals surface area contributed by atoms with Crippen molar-refractivity contribution in [3.8, 4) is 0 Å². The van der Waals surface area contributed by atoms with E-state index in [-0.39, 0.29) is 29.0 Å². The Labute approximate surface area is 210 Å².